The maximum atomic E-state index is 6.18. The predicted octanol–water partition coefficient (Wildman–Crippen LogP) is 3.10. The summed E-state index contributed by atoms with van der Waals surface area (Å²) in [5.74, 6) is 1.77. The number of unbranched alkanes of at least 4 members (excludes halogenated alkanes) is 1. The highest BCUT2D eigenvalue weighted by atomic mass is 16.5. The van der Waals surface area contributed by atoms with Crippen LogP contribution in [0.25, 0.3) is 0 Å². The highest BCUT2D eigenvalue weighted by Gasteiger charge is 2.20. The number of aromatic nitrogens is 2. The van der Waals surface area contributed by atoms with E-state index in [1.54, 1.807) is 0 Å². The van der Waals surface area contributed by atoms with E-state index in [1.807, 2.05) is 0 Å². The van der Waals surface area contributed by atoms with Crippen molar-refractivity contribution in [1.29, 1.82) is 0 Å². The SMILES string of the molecule is CCCCC(CC)c1nc(C(N)CN(CC)CC)no1. The molecule has 1 aromatic heterocycles. The van der Waals surface area contributed by atoms with Gasteiger partial charge in [-0.05, 0) is 25.9 Å². The summed E-state index contributed by atoms with van der Waals surface area (Å²) in [4.78, 5) is 6.80. The summed E-state index contributed by atoms with van der Waals surface area (Å²) < 4.78 is 5.43. The van der Waals surface area contributed by atoms with E-state index in [1.165, 1.54) is 12.8 Å². The van der Waals surface area contributed by atoms with Gasteiger partial charge in [0.25, 0.3) is 0 Å². The molecule has 1 rings (SSSR count). The van der Waals surface area contributed by atoms with Crippen LogP contribution in [0.5, 0.6) is 0 Å². The summed E-state index contributed by atoms with van der Waals surface area (Å²) in [7, 11) is 0. The molecule has 0 bridgehead atoms. The molecule has 0 aliphatic carbocycles. The van der Waals surface area contributed by atoms with E-state index in [2.05, 4.69) is 42.7 Å². The highest BCUT2D eigenvalue weighted by molar-refractivity contribution is 4.98. The van der Waals surface area contributed by atoms with Crippen LogP contribution in [0.4, 0.5) is 0 Å². The highest BCUT2D eigenvalue weighted by Crippen LogP contribution is 2.24. The second-order valence-electron chi connectivity index (χ2n) is 5.33. The molecule has 0 radical (unpaired) electrons. The molecule has 0 fully saturated rings. The Morgan fingerprint density at radius 2 is 1.90 bits per heavy atom. The average molecular weight is 282 g/mol. The molecule has 2 N–H and O–H groups in total. The molecule has 5 heteroatoms. The van der Waals surface area contributed by atoms with Crippen LogP contribution >= 0.6 is 0 Å². The molecule has 0 aliphatic rings. The molecule has 2 unspecified atom stereocenters. The van der Waals surface area contributed by atoms with E-state index in [9.17, 15) is 0 Å². The van der Waals surface area contributed by atoms with Gasteiger partial charge in [-0.2, -0.15) is 4.98 Å². The van der Waals surface area contributed by atoms with Crippen molar-refractivity contribution >= 4 is 0 Å². The molecule has 116 valence electrons. The van der Waals surface area contributed by atoms with Gasteiger partial charge in [-0.15, -0.1) is 0 Å². The van der Waals surface area contributed by atoms with Crippen molar-refractivity contribution in [3.63, 3.8) is 0 Å². The molecule has 1 aromatic rings. The third-order valence-electron chi connectivity index (χ3n) is 3.89. The van der Waals surface area contributed by atoms with Crippen LogP contribution < -0.4 is 5.73 Å². The molecule has 0 aromatic carbocycles. The lowest BCUT2D eigenvalue weighted by atomic mass is 9.99. The van der Waals surface area contributed by atoms with Crippen molar-refractivity contribution in [3.05, 3.63) is 11.7 Å². The second kappa shape index (κ2) is 9.08. The number of rotatable bonds is 10. The largest absolute Gasteiger partial charge is 0.339 e. The minimum atomic E-state index is -0.170. The first kappa shape index (κ1) is 17.1. The Bertz CT molecular complexity index is 363. The first-order valence-corrected chi connectivity index (χ1v) is 7.97. The lowest BCUT2D eigenvalue weighted by Crippen LogP contribution is -2.32. The Hall–Kier alpha value is -0.940. The summed E-state index contributed by atoms with van der Waals surface area (Å²) in [6.07, 6.45) is 4.54. The molecule has 1 heterocycles. The summed E-state index contributed by atoms with van der Waals surface area (Å²) in [5, 5.41) is 4.08. The second-order valence-corrected chi connectivity index (χ2v) is 5.33. The third-order valence-corrected chi connectivity index (χ3v) is 3.89. The summed E-state index contributed by atoms with van der Waals surface area (Å²) in [6, 6.07) is -0.170. The number of hydrogen-bond donors (Lipinski definition) is 1. The zero-order chi connectivity index (χ0) is 15.0. The molecule has 0 spiro atoms. The molecule has 0 saturated heterocycles. The first-order chi connectivity index (χ1) is 9.65. The zero-order valence-corrected chi connectivity index (χ0v) is 13.4. The molecule has 0 aliphatic heterocycles. The minimum absolute atomic E-state index is 0.170. The van der Waals surface area contributed by atoms with Gasteiger partial charge in [0.2, 0.25) is 5.89 Å². The molecule has 0 amide bonds. The molecular weight excluding hydrogens is 252 g/mol. The fourth-order valence-electron chi connectivity index (χ4n) is 2.36. The van der Waals surface area contributed by atoms with Crippen molar-refractivity contribution < 1.29 is 4.52 Å². The van der Waals surface area contributed by atoms with E-state index in [4.69, 9.17) is 10.3 Å². The summed E-state index contributed by atoms with van der Waals surface area (Å²) in [6.45, 7) is 11.4. The standard InChI is InChI=1S/C15H30N4O/c1-5-9-10-12(6-2)15-17-14(18-20-15)13(16)11-19(7-3)8-4/h12-13H,5-11,16H2,1-4H3. The Morgan fingerprint density at radius 3 is 2.45 bits per heavy atom. The Labute approximate surface area is 122 Å². The van der Waals surface area contributed by atoms with Crippen LogP contribution in [0.15, 0.2) is 4.52 Å². The van der Waals surface area contributed by atoms with E-state index in [0.29, 0.717) is 11.7 Å². The van der Waals surface area contributed by atoms with Crippen LogP contribution in [0, 0.1) is 0 Å². The average Bonchev–Trinajstić information content (AvgIpc) is 2.95. The van der Waals surface area contributed by atoms with Crippen LogP contribution in [0.3, 0.4) is 0 Å². The molecular formula is C15H30N4O. The van der Waals surface area contributed by atoms with Gasteiger partial charge >= 0.3 is 0 Å². The topological polar surface area (TPSA) is 68.2 Å². The maximum absolute atomic E-state index is 6.18. The number of nitrogens with zero attached hydrogens (tertiary/aromatic N) is 3. The van der Waals surface area contributed by atoms with E-state index >= 15 is 0 Å². The van der Waals surface area contributed by atoms with Gasteiger partial charge in [-0.3, -0.25) is 0 Å². The Morgan fingerprint density at radius 1 is 1.20 bits per heavy atom. The minimum Gasteiger partial charge on any atom is -0.339 e. The number of hydrogen-bond acceptors (Lipinski definition) is 5. The number of likely N-dealkylation sites (N-methyl/N-ethyl adjacent to an activating group) is 1. The first-order valence-electron chi connectivity index (χ1n) is 7.97. The normalized spacial score (nSPS) is 14.7. The Balaban J connectivity index is 2.65. The van der Waals surface area contributed by atoms with E-state index in [0.717, 1.165) is 38.4 Å². The van der Waals surface area contributed by atoms with Crippen molar-refractivity contribution in [2.45, 2.75) is 65.3 Å². The van der Waals surface area contributed by atoms with Gasteiger partial charge in [-0.25, -0.2) is 0 Å². The van der Waals surface area contributed by atoms with Crippen molar-refractivity contribution in [2.75, 3.05) is 19.6 Å². The van der Waals surface area contributed by atoms with Crippen LogP contribution in [0.2, 0.25) is 0 Å². The zero-order valence-electron chi connectivity index (χ0n) is 13.4. The van der Waals surface area contributed by atoms with E-state index < -0.39 is 0 Å². The summed E-state index contributed by atoms with van der Waals surface area (Å²) >= 11 is 0. The third kappa shape index (κ3) is 4.87. The van der Waals surface area contributed by atoms with Gasteiger partial charge in [0.15, 0.2) is 5.82 Å². The van der Waals surface area contributed by atoms with Gasteiger partial charge < -0.3 is 15.2 Å². The van der Waals surface area contributed by atoms with E-state index in [-0.39, 0.29) is 6.04 Å². The van der Waals surface area contributed by atoms with Crippen molar-refractivity contribution in [3.8, 4) is 0 Å². The molecule has 5 nitrogen and oxygen atoms in total. The molecule has 2 atom stereocenters. The quantitative estimate of drug-likeness (QED) is 0.714. The monoisotopic (exact) mass is 282 g/mol. The van der Waals surface area contributed by atoms with Gasteiger partial charge in [0.05, 0.1) is 6.04 Å². The lowest BCUT2D eigenvalue weighted by molar-refractivity contribution is 0.276. The maximum Gasteiger partial charge on any atom is 0.229 e. The fourth-order valence-corrected chi connectivity index (χ4v) is 2.36. The predicted molar refractivity (Wildman–Crippen MR) is 81.6 cm³/mol. The smallest absolute Gasteiger partial charge is 0.229 e. The lowest BCUT2D eigenvalue weighted by Gasteiger charge is -2.20. The Kier molecular flexibility index (Phi) is 7.77. The fraction of sp³-hybridized carbons (Fsp3) is 0.867. The van der Waals surface area contributed by atoms with Crippen molar-refractivity contribution in [1.82, 2.24) is 15.0 Å². The van der Waals surface area contributed by atoms with Crippen molar-refractivity contribution in [2.24, 2.45) is 5.73 Å². The van der Waals surface area contributed by atoms with Gasteiger partial charge in [0, 0.05) is 12.5 Å². The van der Waals surface area contributed by atoms with Crippen LogP contribution in [-0.2, 0) is 0 Å². The molecule has 0 saturated carbocycles. The van der Waals surface area contributed by atoms with Gasteiger partial charge in [0.1, 0.15) is 0 Å². The van der Waals surface area contributed by atoms with Crippen LogP contribution in [-0.4, -0.2) is 34.7 Å². The van der Waals surface area contributed by atoms with Crippen LogP contribution in [0.1, 0.15) is 77.1 Å². The number of nitrogens with two attached hydrogens (primary N) is 1. The molecule has 20 heavy (non-hydrogen) atoms. The van der Waals surface area contributed by atoms with Gasteiger partial charge in [-0.1, -0.05) is 45.7 Å². The summed E-state index contributed by atoms with van der Waals surface area (Å²) in [5.41, 5.74) is 6.18.